The highest BCUT2D eigenvalue weighted by Gasteiger charge is 2.69. The first kappa shape index (κ1) is 29.6. The van der Waals surface area contributed by atoms with Gasteiger partial charge in [0.1, 0.15) is 0 Å². The lowest BCUT2D eigenvalue weighted by molar-refractivity contribution is 0.134. The maximum atomic E-state index is 15.6. The summed E-state index contributed by atoms with van der Waals surface area (Å²) >= 11 is 0. The van der Waals surface area contributed by atoms with Gasteiger partial charge in [-0.05, 0) is 57.7 Å². The Morgan fingerprint density at radius 1 is 0.581 bits per heavy atom. The van der Waals surface area contributed by atoms with Gasteiger partial charge in [0.25, 0.3) is 0 Å². The Morgan fingerprint density at radius 2 is 1.02 bits per heavy atom. The first-order chi connectivity index (χ1) is 20.1. The minimum Gasteiger partial charge on any atom is -0.204 e. The molecule has 6 rings (SSSR count). The molecule has 2 bridgehead atoms. The second-order valence-corrected chi connectivity index (χ2v) is 12.4. The SMILES string of the molecule is CC1(C)[C@@H]2CC[C@@]1(C)[C@@H](c1ccc3ccccc3c1)[C@@H]2B(c1c(F)c(F)c(F)c(F)c1F)c1c(F)c(F)c(F)c(F)c1F. The minimum absolute atomic E-state index is 0.319. The van der Waals surface area contributed by atoms with Gasteiger partial charge in [0.2, 0.25) is 6.71 Å². The number of fused-ring (bicyclic) bond motifs is 3. The maximum Gasteiger partial charge on any atom is 0.229 e. The molecule has 4 aromatic carbocycles. The lowest BCUT2D eigenvalue weighted by Crippen LogP contribution is -2.56. The predicted molar refractivity (Wildman–Crippen MR) is 143 cm³/mol. The molecule has 0 nitrogen and oxygen atoms in total. The summed E-state index contributed by atoms with van der Waals surface area (Å²) in [6.45, 7) is 3.08. The molecule has 0 saturated heterocycles. The van der Waals surface area contributed by atoms with Crippen LogP contribution in [-0.2, 0) is 0 Å². The van der Waals surface area contributed by atoms with Gasteiger partial charge in [-0.25, -0.2) is 43.9 Å². The molecular weight excluding hydrogens is 585 g/mol. The molecule has 2 fully saturated rings. The summed E-state index contributed by atoms with van der Waals surface area (Å²) in [7, 11) is 0. The van der Waals surface area contributed by atoms with E-state index in [0.717, 1.165) is 10.8 Å². The summed E-state index contributed by atoms with van der Waals surface area (Å²) in [4.78, 5) is 0. The van der Waals surface area contributed by atoms with Crippen LogP contribution in [0.2, 0.25) is 5.82 Å². The van der Waals surface area contributed by atoms with Crippen molar-refractivity contribution in [1.29, 1.82) is 0 Å². The molecule has 0 heterocycles. The molecule has 0 aromatic heterocycles. The van der Waals surface area contributed by atoms with E-state index in [0.29, 0.717) is 18.4 Å². The highest BCUT2D eigenvalue weighted by molar-refractivity contribution is 6.86. The van der Waals surface area contributed by atoms with Gasteiger partial charge in [0.05, 0.1) is 0 Å². The van der Waals surface area contributed by atoms with Crippen LogP contribution in [0.1, 0.15) is 45.1 Å². The zero-order valence-electron chi connectivity index (χ0n) is 23.0. The topological polar surface area (TPSA) is 0 Å². The standard InChI is InChI=1S/C32H23BF10/c1-31(2)16-10-11-32(31,3)17(15-9-8-13-6-4-5-7-14(13)12-15)18(16)33(19-21(34)25(38)29(42)26(39)22(19)35)20-23(36)27(40)30(43)28(41)24(20)37/h4-9,12,16-18H,10-11H2,1-3H3/t16-,17+,18-,32+/m1/s1. The number of hydrogen-bond acceptors (Lipinski definition) is 0. The van der Waals surface area contributed by atoms with Gasteiger partial charge in [-0.1, -0.05) is 63.2 Å². The zero-order chi connectivity index (χ0) is 31.3. The Hall–Kier alpha value is -3.50. The summed E-state index contributed by atoms with van der Waals surface area (Å²) in [5.74, 6) is -27.0. The third-order valence-corrected chi connectivity index (χ3v) is 10.5. The average molecular weight is 608 g/mol. The molecule has 0 radical (unpaired) electrons. The van der Waals surface area contributed by atoms with Gasteiger partial charge in [-0.3, -0.25) is 0 Å². The van der Waals surface area contributed by atoms with Crippen LogP contribution in [0, 0.1) is 74.9 Å². The van der Waals surface area contributed by atoms with E-state index in [4.69, 9.17) is 0 Å². The molecule has 2 aliphatic rings. The van der Waals surface area contributed by atoms with E-state index in [1.807, 2.05) is 26.8 Å². The quantitative estimate of drug-likeness (QED) is 0.0945. The largest absolute Gasteiger partial charge is 0.229 e. The second-order valence-electron chi connectivity index (χ2n) is 12.4. The van der Waals surface area contributed by atoms with Crippen molar-refractivity contribution in [3.8, 4) is 0 Å². The zero-order valence-corrected chi connectivity index (χ0v) is 23.0. The third-order valence-electron chi connectivity index (χ3n) is 10.5. The highest BCUT2D eigenvalue weighted by Crippen LogP contribution is 2.76. The van der Waals surface area contributed by atoms with Crippen LogP contribution in [0.15, 0.2) is 42.5 Å². The van der Waals surface area contributed by atoms with Crippen LogP contribution in [-0.4, -0.2) is 6.71 Å². The molecule has 0 amide bonds. The van der Waals surface area contributed by atoms with Gasteiger partial charge in [0, 0.05) is 10.9 Å². The lowest BCUT2D eigenvalue weighted by atomic mass is 9.28. The summed E-state index contributed by atoms with van der Waals surface area (Å²) in [6.07, 6.45) is 0.846. The number of halogens is 10. The minimum atomic E-state index is -2.51. The maximum absolute atomic E-state index is 15.6. The molecule has 0 spiro atoms. The van der Waals surface area contributed by atoms with Crippen molar-refractivity contribution in [2.45, 2.75) is 45.3 Å². The monoisotopic (exact) mass is 608 g/mol. The van der Waals surface area contributed by atoms with Crippen molar-refractivity contribution in [2.75, 3.05) is 0 Å². The first-order valence-corrected chi connectivity index (χ1v) is 13.7. The molecule has 2 saturated carbocycles. The van der Waals surface area contributed by atoms with Crippen molar-refractivity contribution < 1.29 is 43.9 Å². The molecule has 0 unspecified atom stereocenters. The fraction of sp³-hybridized carbons (Fsp3) is 0.312. The molecule has 4 atom stereocenters. The van der Waals surface area contributed by atoms with Crippen LogP contribution < -0.4 is 10.9 Å². The highest BCUT2D eigenvalue weighted by atomic mass is 19.2. The molecule has 43 heavy (non-hydrogen) atoms. The lowest BCUT2D eigenvalue weighted by Gasteiger charge is -2.42. The molecule has 4 aromatic rings. The van der Waals surface area contributed by atoms with Gasteiger partial charge in [-0.2, -0.15) is 0 Å². The van der Waals surface area contributed by atoms with E-state index in [-0.39, 0.29) is 0 Å². The van der Waals surface area contributed by atoms with E-state index >= 15 is 17.6 Å². The van der Waals surface area contributed by atoms with Gasteiger partial charge < -0.3 is 0 Å². The Balaban J connectivity index is 1.73. The van der Waals surface area contributed by atoms with Gasteiger partial charge in [-0.15, -0.1) is 0 Å². The second kappa shape index (κ2) is 9.76. The van der Waals surface area contributed by atoms with E-state index in [1.165, 1.54) is 0 Å². The smallest absolute Gasteiger partial charge is 0.204 e. The summed E-state index contributed by atoms with van der Waals surface area (Å²) in [6, 6.07) is 12.4. The predicted octanol–water partition coefficient (Wildman–Crippen LogP) is 8.45. The normalized spacial score (nSPS) is 24.3. The Bertz CT molecular complexity index is 1690. The summed E-state index contributed by atoms with van der Waals surface area (Å²) < 4.78 is 149. The van der Waals surface area contributed by atoms with Crippen molar-refractivity contribution in [3.63, 3.8) is 0 Å². The van der Waals surface area contributed by atoms with Crippen LogP contribution in [0.5, 0.6) is 0 Å². The van der Waals surface area contributed by atoms with Crippen molar-refractivity contribution >= 4 is 28.4 Å². The molecule has 0 aliphatic heterocycles. The fourth-order valence-corrected chi connectivity index (χ4v) is 8.18. The van der Waals surface area contributed by atoms with Crippen LogP contribution >= 0.6 is 0 Å². The van der Waals surface area contributed by atoms with Crippen molar-refractivity contribution in [2.24, 2.45) is 16.7 Å². The third kappa shape index (κ3) is 3.85. The summed E-state index contributed by atoms with van der Waals surface area (Å²) in [5, 5.41) is 1.57. The van der Waals surface area contributed by atoms with Gasteiger partial charge >= 0.3 is 0 Å². The Labute approximate surface area is 240 Å². The van der Waals surface area contributed by atoms with Crippen LogP contribution in [0.3, 0.4) is 0 Å². The molecule has 2 aliphatic carbocycles. The fourth-order valence-electron chi connectivity index (χ4n) is 8.18. The van der Waals surface area contributed by atoms with Crippen molar-refractivity contribution in [1.82, 2.24) is 0 Å². The van der Waals surface area contributed by atoms with E-state index < -0.39 is 104 Å². The summed E-state index contributed by atoms with van der Waals surface area (Å²) in [5.41, 5.74) is -4.25. The van der Waals surface area contributed by atoms with Crippen LogP contribution in [0.25, 0.3) is 10.8 Å². The average Bonchev–Trinajstić information content (AvgIpc) is 3.32. The Morgan fingerprint density at radius 3 is 1.51 bits per heavy atom. The van der Waals surface area contributed by atoms with Crippen LogP contribution in [0.4, 0.5) is 43.9 Å². The molecule has 224 valence electrons. The first-order valence-electron chi connectivity index (χ1n) is 13.7. The number of rotatable bonds is 4. The number of hydrogen-bond donors (Lipinski definition) is 0. The molecular formula is C32H23BF10. The van der Waals surface area contributed by atoms with Gasteiger partial charge in [0.15, 0.2) is 58.2 Å². The van der Waals surface area contributed by atoms with E-state index in [2.05, 4.69) is 0 Å². The Kier molecular flexibility index (Phi) is 6.71. The van der Waals surface area contributed by atoms with E-state index in [1.54, 1.807) is 36.4 Å². The number of benzene rings is 4. The molecule has 11 heteroatoms. The van der Waals surface area contributed by atoms with E-state index in [9.17, 15) is 26.3 Å². The molecule has 0 N–H and O–H groups in total. The van der Waals surface area contributed by atoms with Crippen molar-refractivity contribution in [3.05, 3.63) is 106 Å².